The number of thiophene rings is 1. The van der Waals surface area contributed by atoms with Crippen LogP contribution >= 0.6 is 27.3 Å². The van der Waals surface area contributed by atoms with Crippen LogP contribution in [0.1, 0.15) is 10.4 Å². The molecular weight excluding hydrogens is 284 g/mol. The van der Waals surface area contributed by atoms with Gasteiger partial charge in [-0.05, 0) is 22.0 Å². The van der Waals surface area contributed by atoms with Crippen LogP contribution in [-0.4, -0.2) is 21.3 Å². The predicted octanol–water partition coefficient (Wildman–Crippen LogP) is 1.89. The number of aromatic amines is 2. The Kier molecular flexibility index (Phi) is 2.49. The summed E-state index contributed by atoms with van der Waals surface area (Å²) in [5.74, 6) is -1.24. The van der Waals surface area contributed by atoms with Crippen LogP contribution in [0.25, 0.3) is 10.6 Å². The second kappa shape index (κ2) is 3.67. The van der Waals surface area contributed by atoms with Crippen molar-refractivity contribution in [1.82, 2.24) is 10.2 Å². The van der Waals surface area contributed by atoms with Gasteiger partial charge >= 0.3 is 5.97 Å². The molecule has 0 spiro atoms. The molecule has 0 radical (unpaired) electrons. The summed E-state index contributed by atoms with van der Waals surface area (Å²) in [5, 5.41) is 15.5. The fraction of sp³-hybridized carbons (Fsp3) is 0. The van der Waals surface area contributed by atoms with Crippen molar-refractivity contribution in [3.63, 3.8) is 0 Å². The smallest absolute Gasteiger partial charge is 0.343 e. The highest BCUT2D eigenvalue weighted by Crippen LogP contribution is 2.29. The number of halogens is 1. The van der Waals surface area contributed by atoms with Gasteiger partial charge < -0.3 is 5.11 Å². The number of carboxylic acids is 1. The summed E-state index contributed by atoms with van der Waals surface area (Å²) in [6, 6.07) is 1.75. The molecule has 0 aliphatic heterocycles. The molecule has 3 N–H and O–H groups in total. The molecule has 0 aromatic carbocycles. The normalized spacial score (nSPS) is 10.5. The van der Waals surface area contributed by atoms with Crippen LogP contribution in [-0.2, 0) is 0 Å². The van der Waals surface area contributed by atoms with Crippen LogP contribution in [0.15, 0.2) is 20.7 Å². The molecule has 0 aliphatic carbocycles. The Bertz CT molecular complexity index is 568. The van der Waals surface area contributed by atoms with Crippen molar-refractivity contribution >= 4 is 33.2 Å². The molecular formula is C8H5BrN2O3S. The SMILES string of the molecule is O=C(O)c1c(-c2cc(Br)cs2)[nH][nH]c1=O. The summed E-state index contributed by atoms with van der Waals surface area (Å²) in [6.45, 7) is 0. The zero-order valence-corrected chi connectivity index (χ0v) is 9.61. The summed E-state index contributed by atoms with van der Waals surface area (Å²) in [5.41, 5.74) is -0.574. The van der Waals surface area contributed by atoms with E-state index in [-0.39, 0.29) is 5.56 Å². The third-order valence-corrected chi connectivity index (χ3v) is 3.51. The van der Waals surface area contributed by atoms with Gasteiger partial charge in [0.2, 0.25) is 0 Å². The average Bonchev–Trinajstić information content (AvgIpc) is 2.71. The van der Waals surface area contributed by atoms with Crippen LogP contribution in [0.2, 0.25) is 0 Å². The van der Waals surface area contributed by atoms with E-state index in [2.05, 4.69) is 26.1 Å². The minimum Gasteiger partial charge on any atom is -0.477 e. The van der Waals surface area contributed by atoms with Crippen molar-refractivity contribution in [3.8, 4) is 10.6 Å². The number of H-pyrrole nitrogens is 2. The largest absolute Gasteiger partial charge is 0.477 e. The zero-order chi connectivity index (χ0) is 11.0. The van der Waals surface area contributed by atoms with E-state index < -0.39 is 11.5 Å². The average molecular weight is 289 g/mol. The minimum atomic E-state index is -1.24. The highest BCUT2D eigenvalue weighted by molar-refractivity contribution is 9.10. The van der Waals surface area contributed by atoms with Gasteiger partial charge in [-0.15, -0.1) is 11.3 Å². The predicted molar refractivity (Wildman–Crippen MR) is 59.4 cm³/mol. The molecule has 0 aliphatic rings. The lowest BCUT2D eigenvalue weighted by atomic mass is 10.2. The van der Waals surface area contributed by atoms with Crippen LogP contribution < -0.4 is 5.56 Å². The van der Waals surface area contributed by atoms with Gasteiger partial charge in [-0.3, -0.25) is 15.0 Å². The van der Waals surface area contributed by atoms with Crippen molar-refractivity contribution < 1.29 is 9.90 Å². The van der Waals surface area contributed by atoms with Gasteiger partial charge in [0.15, 0.2) is 5.56 Å². The summed E-state index contributed by atoms with van der Waals surface area (Å²) in [4.78, 5) is 22.7. The quantitative estimate of drug-likeness (QED) is 0.789. The number of hydrogen-bond acceptors (Lipinski definition) is 3. The van der Waals surface area contributed by atoms with Gasteiger partial charge in [0.05, 0.1) is 10.6 Å². The van der Waals surface area contributed by atoms with E-state index >= 15 is 0 Å². The Hall–Kier alpha value is -1.34. The van der Waals surface area contributed by atoms with E-state index in [1.807, 2.05) is 5.38 Å². The Morgan fingerprint density at radius 1 is 1.47 bits per heavy atom. The number of hydrogen-bond donors (Lipinski definition) is 3. The fourth-order valence-electron chi connectivity index (χ4n) is 1.19. The van der Waals surface area contributed by atoms with E-state index in [1.54, 1.807) is 6.07 Å². The number of aromatic nitrogens is 2. The van der Waals surface area contributed by atoms with Crippen molar-refractivity contribution in [2.24, 2.45) is 0 Å². The first-order valence-electron chi connectivity index (χ1n) is 3.88. The summed E-state index contributed by atoms with van der Waals surface area (Å²) in [6.07, 6.45) is 0. The van der Waals surface area contributed by atoms with Gasteiger partial charge in [-0.1, -0.05) is 0 Å². The molecule has 2 rings (SSSR count). The molecule has 0 fully saturated rings. The fourth-order valence-corrected chi connectivity index (χ4v) is 2.63. The molecule has 5 nitrogen and oxygen atoms in total. The van der Waals surface area contributed by atoms with Gasteiger partial charge in [0.1, 0.15) is 0 Å². The Morgan fingerprint density at radius 2 is 2.20 bits per heavy atom. The minimum absolute atomic E-state index is 0.260. The summed E-state index contributed by atoms with van der Waals surface area (Å²) in [7, 11) is 0. The number of carbonyl (C=O) groups is 1. The monoisotopic (exact) mass is 288 g/mol. The Labute approximate surface area is 95.9 Å². The van der Waals surface area contributed by atoms with Gasteiger partial charge in [-0.2, -0.15) is 0 Å². The number of aromatic carboxylic acids is 1. The molecule has 78 valence electrons. The van der Waals surface area contributed by atoms with Crippen LogP contribution in [0, 0.1) is 0 Å². The molecule has 0 amide bonds. The highest BCUT2D eigenvalue weighted by atomic mass is 79.9. The molecule has 2 aromatic heterocycles. The maximum Gasteiger partial charge on any atom is 0.343 e. The Balaban J connectivity index is 2.63. The van der Waals surface area contributed by atoms with E-state index in [0.717, 1.165) is 4.47 Å². The zero-order valence-electron chi connectivity index (χ0n) is 7.20. The third kappa shape index (κ3) is 1.75. The molecule has 0 saturated heterocycles. The molecule has 0 atom stereocenters. The summed E-state index contributed by atoms with van der Waals surface area (Å²) < 4.78 is 0.848. The van der Waals surface area contributed by atoms with E-state index in [4.69, 9.17) is 5.11 Å². The third-order valence-electron chi connectivity index (χ3n) is 1.81. The molecule has 2 aromatic rings. The molecule has 7 heteroatoms. The number of rotatable bonds is 2. The van der Waals surface area contributed by atoms with Crippen molar-refractivity contribution in [3.05, 3.63) is 31.8 Å². The topological polar surface area (TPSA) is 85.9 Å². The first-order chi connectivity index (χ1) is 7.09. The van der Waals surface area contributed by atoms with Gasteiger partial charge in [0.25, 0.3) is 5.56 Å². The van der Waals surface area contributed by atoms with E-state index in [9.17, 15) is 9.59 Å². The first-order valence-corrected chi connectivity index (χ1v) is 5.55. The second-order valence-corrected chi connectivity index (χ2v) is 4.59. The number of nitrogens with one attached hydrogen (secondary N) is 2. The molecule has 2 heterocycles. The molecule has 0 saturated carbocycles. The highest BCUT2D eigenvalue weighted by Gasteiger charge is 2.19. The number of carboxylic acid groups (broad SMARTS) is 1. The molecule has 0 bridgehead atoms. The van der Waals surface area contributed by atoms with Crippen LogP contribution in [0.5, 0.6) is 0 Å². The van der Waals surface area contributed by atoms with E-state index in [0.29, 0.717) is 10.6 Å². The molecule has 15 heavy (non-hydrogen) atoms. The Morgan fingerprint density at radius 3 is 2.73 bits per heavy atom. The van der Waals surface area contributed by atoms with Crippen LogP contribution in [0.3, 0.4) is 0 Å². The van der Waals surface area contributed by atoms with Crippen LogP contribution in [0.4, 0.5) is 0 Å². The first kappa shape index (κ1) is 10.2. The lowest BCUT2D eigenvalue weighted by Crippen LogP contribution is -2.11. The summed E-state index contributed by atoms with van der Waals surface area (Å²) >= 11 is 4.61. The van der Waals surface area contributed by atoms with Crippen molar-refractivity contribution in [2.75, 3.05) is 0 Å². The van der Waals surface area contributed by atoms with Gasteiger partial charge in [-0.25, -0.2) is 4.79 Å². The maximum atomic E-state index is 11.2. The van der Waals surface area contributed by atoms with Gasteiger partial charge in [0, 0.05) is 9.85 Å². The molecule has 0 unspecified atom stereocenters. The lowest BCUT2D eigenvalue weighted by molar-refractivity contribution is 0.0696. The lowest BCUT2D eigenvalue weighted by Gasteiger charge is -1.92. The van der Waals surface area contributed by atoms with E-state index in [1.165, 1.54) is 11.3 Å². The standard InChI is InChI=1S/C8H5BrN2O3S/c9-3-1-4(15-2-3)6-5(8(13)14)7(12)11-10-6/h1-2H,(H,13,14)(H2,10,11,12). The second-order valence-electron chi connectivity index (χ2n) is 2.76. The van der Waals surface area contributed by atoms with Crippen molar-refractivity contribution in [2.45, 2.75) is 0 Å². The maximum absolute atomic E-state index is 11.2. The van der Waals surface area contributed by atoms with Crippen molar-refractivity contribution in [1.29, 1.82) is 0 Å².